The second kappa shape index (κ2) is 8.27. The maximum absolute atomic E-state index is 4.77. The van der Waals surface area contributed by atoms with E-state index in [1.165, 1.54) is 9.71 Å². The zero-order valence-electron chi connectivity index (χ0n) is 13.4. The number of aromatic nitrogens is 3. The molecular formula is C16H21Cl2N5S. The number of piperazine rings is 1. The van der Waals surface area contributed by atoms with Gasteiger partial charge in [0.2, 0.25) is 0 Å². The molecule has 1 atom stereocenters. The Bertz CT molecular complexity index is 754. The average molecular weight is 386 g/mol. The highest BCUT2D eigenvalue weighted by molar-refractivity contribution is 7.18. The molecule has 1 fully saturated rings. The molecule has 1 saturated heterocycles. The highest BCUT2D eigenvalue weighted by atomic mass is 35.5. The minimum atomic E-state index is 0. The zero-order valence-corrected chi connectivity index (χ0v) is 15.8. The van der Waals surface area contributed by atoms with Crippen molar-refractivity contribution in [2.45, 2.75) is 12.6 Å². The maximum atomic E-state index is 4.77. The van der Waals surface area contributed by atoms with Crippen molar-refractivity contribution >= 4 is 46.4 Å². The van der Waals surface area contributed by atoms with Gasteiger partial charge in [-0.2, -0.15) is 0 Å². The lowest BCUT2D eigenvalue weighted by Crippen LogP contribution is -2.46. The molecule has 24 heavy (non-hydrogen) atoms. The number of aryl methyl sites for hydroxylation is 1. The van der Waals surface area contributed by atoms with Crippen molar-refractivity contribution in [2.75, 3.05) is 19.6 Å². The minimum Gasteiger partial charge on any atom is -0.337 e. The third kappa shape index (κ3) is 3.73. The van der Waals surface area contributed by atoms with E-state index >= 15 is 0 Å². The monoisotopic (exact) mass is 385 g/mol. The van der Waals surface area contributed by atoms with Crippen molar-refractivity contribution in [2.24, 2.45) is 7.05 Å². The van der Waals surface area contributed by atoms with E-state index in [0.717, 1.165) is 37.5 Å². The molecule has 1 aliphatic rings. The van der Waals surface area contributed by atoms with Gasteiger partial charge in [-0.15, -0.1) is 36.2 Å². The predicted octanol–water partition coefficient (Wildman–Crippen LogP) is 3.02. The predicted molar refractivity (Wildman–Crippen MR) is 103 cm³/mol. The first-order chi connectivity index (χ1) is 10.8. The summed E-state index contributed by atoms with van der Waals surface area (Å²) in [7, 11) is 2.06. The molecule has 0 radical (unpaired) electrons. The Morgan fingerprint density at radius 3 is 2.88 bits per heavy atom. The summed E-state index contributed by atoms with van der Waals surface area (Å²) in [6.07, 6.45) is 3.89. The molecule has 0 amide bonds. The normalized spacial score (nSPS) is 18.1. The SMILES string of the molecule is Cl.Cl.Cn1ccnc1C1CNCCN1Cc1nc2ccccc2s1. The Kier molecular flexibility index (Phi) is 6.60. The summed E-state index contributed by atoms with van der Waals surface area (Å²) in [5.41, 5.74) is 1.10. The second-order valence-electron chi connectivity index (χ2n) is 5.66. The summed E-state index contributed by atoms with van der Waals surface area (Å²) in [4.78, 5) is 11.8. The van der Waals surface area contributed by atoms with E-state index in [1.807, 2.05) is 18.5 Å². The molecule has 4 rings (SSSR count). The third-order valence-electron chi connectivity index (χ3n) is 4.19. The zero-order chi connectivity index (χ0) is 14.9. The van der Waals surface area contributed by atoms with Crippen LogP contribution in [0, 0.1) is 0 Å². The van der Waals surface area contributed by atoms with Crippen LogP contribution in [0.4, 0.5) is 0 Å². The van der Waals surface area contributed by atoms with Crippen LogP contribution in [-0.2, 0) is 13.6 Å². The molecule has 2 aromatic heterocycles. The summed E-state index contributed by atoms with van der Waals surface area (Å²) >= 11 is 1.79. The molecule has 1 N–H and O–H groups in total. The molecule has 1 unspecified atom stereocenters. The first-order valence-corrected chi connectivity index (χ1v) is 8.39. The molecule has 0 bridgehead atoms. The van der Waals surface area contributed by atoms with Crippen LogP contribution in [0.5, 0.6) is 0 Å². The van der Waals surface area contributed by atoms with Crippen LogP contribution >= 0.6 is 36.2 Å². The number of fused-ring (bicyclic) bond motifs is 1. The molecule has 0 spiro atoms. The van der Waals surface area contributed by atoms with Gasteiger partial charge in [0.25, 0.3) is 0 Å². The first kappa shape index (κ1) is 19.1. The van der Waals surface area contributed by atoms with Crippen LogP contribution in [0.2, 0.25) is 0 Å². The number of thiazole rings is 1. The molecule has 1 aliphatic heterocycles. The number of nitrogens with one attached hydrogen (secondary N) is 1. The van der Waals surface area contributed by atoms with Gasteiger partial charge >= 0.3 is 0 Å². The van der Waals surface area contributed by atoms with E-state index in [2.05, 4.69) is 45.0 Å². The molecule has 5 nitrogen and oxygen atoms in total. The van der Waals surface area contributed by atoms with Crippen LogP contribution in [-0.4, -0.2) is 39.1 Å². The van der Waals surface area contributed by atoms with Crippen molar-refractivity contribution in [3.8, 4) is 0 Å². The smallest absolute Gasteiger partial charge is 0.127 e. The van der Waals surface area contributed by atoms with Gasteiger partial charge in [-0.25, -0.2) is 9.97 Å². The van der Waals surface area contributed by atoms with E-state index in [0.29, 0.717) is 6.04 Å². The minimum absolute atomic E-state index is 0. The van der Waals surface area contributed by atoms with Crippen LogP contribution in [0.15, 0.2) is 36.7 Å². The Balaban J connectivity index is 0.00000104. The molecule has 3 aromatic rings. The van der Waals surface area contributed by atoms with Crippen molar-refractivity contribution < 1.29 is 0 Å². The fraction of sp³-hybridized carbons (Fsp3) is 0.375. The Labute approximate surface area is 157 Å². The lowest BCUT2D eigenvalue weighted by Gasteiger charge is -2.35. The van der Waals surface area contributed by atoms with Crippen molar-refractivity contribution in [3.63, 3.8) is 0 Å². The Morgan fingerprint density at radius 1 is 1.29 bits per heavy atom. The lowest BCUT2D eigenvalue weighted by molar-refractivity contribution is 0.144. The Morgan fingerprint density at radius 2 is 2.12 bits per heavy atom. The number of nitrogens with zero attached hydrogens (tertiary/aromatic N) is 4. The summed E-state index contributed by atoms with van der Waals surface area (Å²) in [5.74, 6) is 1.12. The number of para-hydroxylation sites is 1. The van der Waals surface area contributed by atoms with Crippen molar-refractivity contribution in [3.05, 3.63) is 47.5 Å². The molecule has 0 saturated carbocycles. The van der Waals surface area contributed by atoms with Crippen LogP contribution in [0.1, 0.15) is 16.9 Å². The quantitative estimate of drug-likeness (QED) is 0.752. The average Bonchev–Trinajstić information content (AvgIpc) is 3.13. The highest BCUT2D eigenvalue weighted by Gasteiger charge is 2.27. The third-order valence-corrected chi connectivity index (χ3v) is 5.21. The summed E-state index contributed by atoms with van der Waals surface area (Å²) < 4.78 is 3.38. The number of benzene rings is 1. The lowest BCUT2D eigenvalue weighted by atomic mass is 10.2. The molecule has 130 valence electrons. The highest BCUT2D eigenvalue weighted by Crippen LogP contribution is 2.27. The topological polar surface area (TPSA) is 46.0 Å². The number of halogens is 2. The first-order valence-electron chi connectivity index (χ1n) is 7.58. The second-order valence-corrected chi connectivity index (χ2v) is 6.78. The number of imidazole rings is 1. The summed E-state index contributed by atoms with van der Waals surface area (Å²) in [6.45, 7) is 3.87. The number of rotatable bonds is 3. The van der Waals surface area contributed by atoms with Gasteiger partial charge in [0.1, 0.15) is 10.8 Å². The largest absolute Gasteiger partial charge is 0.337 e. The fourth-order valence-corrected chi connectivity index (χ4v) is 4.04. The van der Waals surface area contributed by atoms with Crippen LogP contribution in [0.25, 0.3) is 10.2 Å². The number of hydrogen-bond donors (Lipinski definition) is 1. The van der Waals surface area contributed by atoms with Gasteiger partial charge in [-0.1, -0.05) is 12.1 Å². The van der Waals surface area contributed by atoms with Gasteiger partial charge < -0.3 is 9.88 Å². The van der Waals surface area contributed by atoms with Gasteiger partial charge in [-0.3, -0.25) is 4.90 Å². The van der Waals surface area contributed by atoms with Gasteiger partial charge in [0.05, 0.1) is 22.8 Å². The molecular weight excluding hydrogens is 365 g/mol. The van der Waals surface area contributed by atoms with Gasteiger partial charge in [-0.05, 0) is 12.1 Å². The van der Waals surface area contributed by atoms with E-state index in [1.54, 1.807) is 11.3 Å². The van der Waals surface area contributed by atoms with Crippen molar-refractivity contribution in [1.82, 2.24) is 24.8 Å². The van der Waals surface area contributed by atoms with E-state index in [9.17, 15) is 0 Å². The molecule has 1 aromatic carbocycles. The maximum Gasteiger partial charge on any atom is 0.127 e. The number of hydrogen-bond acceptors (Lipinski definition) is 5. The van der Waals surface area contributed by atoms with E-state index in [4.69, 9.17) is 4.98 Å². The van der Waals surface area contributed by atoms with Crippen LogP contribution in [0.3, 0.4) is 0 Å². The fourth-order valence-electron chi connectivity index (χ4n) is 3.05. The van der Waals surface area contributed by atoms with E-state index < -0.39 is 0 Å². The Hall–Kier alpha value is -1.18. The molecule has 8 heteroatoms. The van der Waals surface area contributed by atoms with Gasteiger partial charge in [0, 0.05) is 39.1 Å². The molecule has 3 heterocycles. The standard InChI is InChI=1S/C16H19N5S.2ClH/c1-20-8-7-18-16(20)13-10-17-6-9-21(13)11-15-19-12-4-2-3-5-14(12)22-15;;/h2-5,7-8,13,17H,6,9-11H2,1H3;2*1H. The van der Waals surface area contributed by atoms with E-state index in [-0.39, 0.29) is 24.8 Å². The van der Waals surface area contributed by atoms with Gasteiger partial charge in [0.15, 0.2) is 0 Å². The summed E-state index contributed by atoms with van der Waals surface area (Å²) in [5, 5.41) is 4.66. The van der Waals surface area contributed by atoms with Crippen LogP contribution < -0.4 is 5.32 Å². The summed E-state index contributed by atoms with van der Waals surface area (Å²) in [6, 6.07) is 8.66. The molecule has 0 aliphatic carbocycles. The van der Waals surface area contributed by atoms with Crippen molar-refractivity contribution in [1.29, 1.82) is 0 Å².